The van der Waals surface area contributed by atoms with Crippen LogP contribution in [0.2, 0.25) is 0 Å². The van der Waals surface area contributed by atoms with Gasteiger partial charge in [0, 0.05) is 33.0 Å². The van der Waals surface area contributed by atoms with Crippen molar-refractivity contribution in [1.82, 2.24) is 0 Å². The SMILES string of the molecule is CN(C)c1ccc(C=Cc2ccc(S(=O)(=O)CCCOC3CCCOC3)cc2)cc1. The number of sulfone groups is 1. The van der Waals surface area contributed by atoms with Crippen molar-refractivity contribution in [2.45, 2.75) is 30.3 Å². The minimum atomic E-state index is -3.30. The summed E-state index contributed by atoms with van der Waals surface area (Å²) >= 11 is 0. The largest absolute Gasteiger partial charge is 0.379 e. The van der Waals surface area contributed by atoms with E-state index < -0.39 is 9.84 Å². The van der Waals surface area contributed by atoms with Crippen LogP contribution in [0.5, 0.6) is 0 Å². The lowest BCUT2D eigenvalue weighted by Crippen LogP contribution is -2.26. The zero-order valence-electron chi connectivity index (χ0n) is 17.8. The van der Waals surface area contributed by atoms with E-state index in [1.165, 1.54) is 0 Å². The van der Waals surface area contributed by atoms with Crippen molar-refractivity contribution >= 4 is 27.7 Å². The summed E-state index contributed by atoms with van der Waals surface area (Å²) in [6.45, 7) is 1.85. The molecular weight excluding hydrogens is 398 g/mol. The molecule has 0 spiro atoms. The van der Waals surface area contributed by atoms with Crippen LogP contribution in [-0.2, 0) is 19.3 Å². The molecule has 1 saturated heterocycles. The molecule has 1 heterocycles. The number of rotatable bonds is 9. The highest BCUT2D eigenvalue weighted by atomic mass is 32.2. The molecule has 2 aromatic rings. The van der Waals surface area contributed by atoms with Crippen LogP contribution in [0.15, 0.2) is 53.4 Å². The number of hydrogen-bond acceptors (Lipinski definition) is 5. The molecular formula is C24H31NO4S. The molecule has 0 radical (unpaired) electrons. The van der Waals surface area contributed by atoms with Gasteiger partial charge in [0.05, 0.1) is 23.4 Å². The highest BCUT2D eigenvalue weighted by Crippen LogP contribution is 2.17. The number of hydrogen-bond donors (Lipinski definition) is 0. The highest BCUT2D eigenvalue weighted by molar-refractivity contribution is 7.91. The van der Waals surface area contributed by atoms with Crippen LogP contribution in [0, 0.1) is 0 Å². The van der Waals surface area contributed by atoms with Gasteiger partial charge in [-0.25, -0.2) is 8.42 Å². The Bertz CT molecular complexity index is 913. The maximum absolute atomic E-state index is 12.6. The zero-order valence-corrected chi connectivity index (χ0v) is 18.6. The summed E-state index contributed by atoms with van der Waals surface area (Å²) in [6.07, 6.45) is 6.60. The van der Waals surface area contributed by atoms with E-state index in [1.54, 1.807) is 12.1 Å². The third-order valence-corrected chi connectivity index (χ3v) is 6.96. The summed E-state index contributed by atoms with van der Waals surface area (Å²) in [4.78, 5) is 2.42. The molecule has 0 aliphatic carbocycles. The van der Waals surface area contributed by atoms with E-state index in [0.29, 0.717) is 24.5 Å². The smallest absolute Gasteiger partial charge is 0.178 e. The Labute approximate surface area is 180 Å². The van der Waals surface area contributed by atoms with Gasteiger partial charge in [0.2, 0.25) is 0 Å². The number of anilines is 1. The second-order valence-corrected chi connectivity index (χ2v) is 9.88. The van der Waals surface area contributed by atoms with Crippen molar-refractivity contribution in [1.29, 1.82) is 0 Å². The van der Waals surface area contributed by atoms with Crippen LogP contribution in [0.4, 0.5) is 5.69 Å². The number of benzene rings is 2. The summed E-state index contributed by atoms with van der Waals surface area (Å²) in [5.41, 5.74) is 3.21. The van der Waals surface area contributed by atoms with E-state index in [0.717, 1.165) is 36.3 Å². The molecule has 1 unspecified atom stereocenters. The van der Waals surface area contributed by atoms with Gasteiger partial charge in [0.15, 0.2) is 9.84 Å². The molecule has 3 rings (SSSR count). The Morgan fingerprint density at radius 2 is 1.67 bits per heavy atom. The predicted molar refractivity (Wildman–Crippen MR) is 123 cm³/mol. The van der Waals surface area contributed by atoms with Crippen molar-refractivity contribution in [2.75, 3.05) is 44.6 Å². The zero-order chi connectivity index (χ0) is 21.4. The van der Waals surface area contributed by atoms with E-state index in [4.69, 9.17) is 9.47 Å². The molecule has 1 fully saturated rings. The van der Waals surface area contributed by atoms with Crippen molar-refractivity contribution in [2.24, 2.45) is 0 Å². The standard InChI is InChI=1S/C24H31NO4S/c1-25(2)22-12-8-20(9-13-22)6-7-21-10-14-24(15-11-21)30(26,27)18-4-17-29-23-5-3-16-28-19-23/h6-15,23H,3-5,16-19H2,1-2H3. The summed E-state index contributed by atoms with van der Waals surface area (Å²) in [7, 11) is 0.726. The molecule has 5 nitrogen and oxygen atoms in total. The highest BCUT2D eigenvalue weighted by Gasteiger charge is 2.16. The summed E-state index contributed by atoms with van der Waals surface area (Å²) < 4.78 is 36.2. The summed E-state index contributed by atoms with van der Waals surface area (Å²) in [5, 5.41) is 0. The molecule has 0 bridgehead atoms. The minimum Gasteiger partial charge on any atom is -0.379 e. The van der Waals surface area contributed by atoms with Crippen LogP contribution in [0.1, 0.15) is 30.4 Å². The van der Waals surface area contributed by atoms with Gasteiger partial charge < -0.3 is 14.4 Å². The molecule has 0 saturated carbocycles. The van der Waals surface area contributed by atoms with Gasteiger partial charge in [-0.2, -0.15) is 0 Å². The molecule has 1 aliphatic heterocycles. The second kappa shape index (κ2) is 10.8. The first-order valence-electron chi connectivity index (χ1n) is 10.4. The summed E-state index contributed by atoms with van der Waals surface area (Å²) in [5.74, 6) is 0.0913. The predicted octanol–water partition coefficient (Wildman–Crippen LogP) is 4.28. The molecule has 6 heteroatoms. The fourth-order valence-electron chi connectivity index (χ4n) is 3.32. The fraction of sp³-hybridized carbons (Fsp3) is 0.417. The van der Waals surface area contributed by atoms with Crippen LogP contribution in [0.25, 0.3) is 12.2 Å². The first-order valence-corrected chi connectivity index (χ1v) is 12.1. The van der Waals surface area contributed by atoms with E-state index in [2.05, 4.69) is 29.2 Å². The van der Waals surface area contributed by atoms with Crippen molar-refractivity contribution in [3.05, 3.63) is 59.7 Å². The summed E-state index contributed by atoms with van der Waals surface area (Å²) in [6, 6.07) is 15.3. The monoisotopic (exact) mass is 429 g/mol. The Balaban J connectivity index is 1.50. The maximum atomic E-state index is 12.6. The average molecular weight is 430 g/mol. The Morgan fingerprint density at radius 3 is 2.23 bits per heavy atom. The lowest BCUT2D eigenvalue weighted by atomic mass is 10.1. The quantitative estimate of drug-likeness (QED) is 0.440. The lowest BCUT2D eigenvalue weighted by Gasteiger charge is -2.22. The van der Waals surface area contributed by atoms with E-state index in [9.17, 15) is 8.42 Å². The van der Waals surface area contributed by atoms with Crippen molar-refractivity contribution < 1.29 is 17.9 Å². The lowest BCUT2D eigenvalue weighted by molar-refractivity contribution is -0.0494. The Morgan fingerprint density at radius 1 is 1.03 bits per heavy atom. The molecule has 1 aliphatic rings. The maximum Gasteiger partial charge on any atom is 0.178 e. The third kappa shape index (κ3) is 6.69. The number of nitrogens with zero attached hydrogens (tertiary/aromatic N) is 1. The van der Waals surface area contributed by atoms with Crippen molar-refractivity contribution in [3.8, 4) is 0 Å². The normalized spacial score (nSPS) is 17.3. The Kier molecular flexibility index (Phi) is 8.08. The van der Waals surface area contributed by atoms with Crippen LogP contribution in [0.3, 0.4) is 0 Å². The second-order valence-electron chi connectivity index (χ2n) is 7.77. The molecule has 0 amide bonds. The van der Waals surface area contributed by atoms with E-state index >= 15 is 0 Å². The van der Waals surface area contributed by atoms with Crippen LogP contribution < -0.4 is 4.90 Å². The van der Waals surface area contributed by atoms with Gasteiger partial charge in [0.25, 0.3) is 0 Å². The molecule has 2 aromatic carbocycles. The fourth-order valence-corrected chi connectivity index (χ4v) is 4.61. The average Bonchev–Trinajstić information content (AvgIpc) is 2.76. The molecule has 1 atom stereocenters. The first kappa shape index (κ1) is 22.5. The van der Waals surface area contributed by atoms with Crippen molar-refractivity contribution in [3.63, 3.8) is 0 Å². The molecule has 0 N–H and O–H groups in total. The van der Waals surface area contributed by atoms with Gasteiger partial charge >= 0.3 is 0 Å². The van der Waals surface area contributed by atoms with E-state index in [-0.39, 0.29) is 11.9 Å². The molecule has 0 aromatic heterocycles. The minimum absolute atomic E-state index is 0.0913. The number of ether oxygens (including phenoxy) is 2. The molecule has 162 valence electrons. The van der Waals surface area contributed by atoms with Gasteiger partial charge in [-0.1, -0.05) is 36.4 Å². The molecule has 30 heavy (non-hydrogen) atoms. The Hall–Kier alpha value is -2.15. The first-order chi connectivity index (χ1) is 14.4. The van der Waals surface area contributed by atoms with Crippen LogP contribution in [-0.4, -0.2) is 54.2 Å². The topological polar surface area (TPSA) is 55.8 Å². The van der Waals surface area contributed by atoms with Gasteiger partial charge in [-0.05, 0) is 54.7 Å². The van der Waals surface area contributed by atoms with Gasteiger partial charge in [-0.3, -0.25) is 0 Å². The van der Waals surface area contributed by atoms with Gasteiger partial charge in [-0.15, -0.1) is 0 Å². The third-order valence-electron chi connectivity index (χ3n) is 5.15. The van der Waals surface area contributed by atoms with E-state index in [1.807, 2.05) is 38.4 Å². The van der Waals surface area contributed by atoms with Crippen LogP contribution >= 0.6 is 0 Å². The van der Waals surface area contributed by atoms with Gasteiger partial charge in [0.1, 0.15) is 0 Å².